The van der Waals surface area contributed by atoms with Crippen LogP contribution in [-0.4, -0.2) is 10.1 Å². The van der Waals surface area contributed by atoms with Crippen LogP contribution in [0.2, 0.25) is 0 Å². The van der Waals surface area contributed by atoms with Gasteiger partial charge in [-0.3, -0.25) is 0 Å². The van der Waals surface area contributed by atoms with E-state index in [1.54, 1.807) is 18.7 Å². The number of aryl methyl sites for hydroxylation is 2. The summed E-state index contributed by atoms with van der Waals surface area (Å²) in [7, 11) is 0. The van der Waals surface area contributed by atoms with E-state index in [-0.39, 0.29) is 0 Å². The van der Waals surface area contributed by atoms with Crippen molar-refractivity contribution in [2.75, 3.05) is 5.73 Å². The molecule has 0 aliphatic rings. The average Bonchev–Trinajstić information content (AvgIpc) is 2.67. The van der Waals surface area contributed by atoms with Gasteiger partial charge in [0.05, 0.1) is 5.75 Å². The minimum absolute atomic E-state index is 0.591. The zero-order valence-corrected chi connectivity index (χ0v) is 10.0. The van der Waals surface area contributed by atoms with Crippen LogP contribution in [0.3, 0.4) is 0 Å². The predicted molar refractivity (Wildman–Crippen MR) is 64.2 cm³/mol. The lowest BCUT2D eigenvalue weighted by molar-refractivity contribution is 0.389. The number of thioether (sulfide) groups is 1. The van der Waals surface area contributed by atoms with Gasteiger partial charge in [-0.15, -0.1) is 11.8 Å². The molecule has 0 bridgehead atoms. The van der Waals surface area contributed by atoms with E-state index in [4.69, 9.17) is 10.3 Å². The van der Waals surface area contributed by atoms with Crippen molar-refractivity contribution < 1.29 is 4.52 Å². The molecule has 2 aromatic rings. The Morgan fingerprint density at radius 2 is 2.19 bits per heavy atom. The van der Waals surface area contributed by atoms with Crippen LogP contribution in [-0.2, 0) is 5.75 Å². The van der Waals surface area contributed by atoms with Crippen molar-refractivity contribution in [2.24, 2.45) is 0 Å². The number of hydrogen-bond acceptors (Lipinski definition) is 5. The lowest BCUT2D eigenvalue weighted by atomic mass is 10.2. The second kappa shape index (κ2) is 4.57. The summed E-state index contributed by atoms with van der Waals surface area (Å²) in [5.74, 6) is 1.96. The van der Waals surface area contributed by atoms with Crippen LogP contribution in [0.25, 0.3) is 0 Å². The molecule has 1 aromatic heterocycles. The Labute approximate surface area is 98.2 Å². The molecule has 0 radical (unpaired) electrons. The number of nitrogen functional groups attached to an aromatic ring is 1. The quantitative estimate of drug-likeness (QED) is 0.654. The molecule has 0 unspecified atom stereocenters. The molecule has 0 saturated carbocycles. The fourth-order valence-electron chi connectivity index (χ4n) is 1.32. The molecule has 0 fully saturated rings. The largest absolute Gasteiger partial charge is 0.398 e. The van der Waals surface area contributed by atoms with Gasteiger partial charge in [0.2, 0.25) is 5.89 Å². The summed E-state index contributed by atoms with van der Waals surface area (Å²) >= 11 is 1.62. The van der Waals surface area contributed by atoms with Crippen LogP contribution >= 0.6 is 11.8 Å². The molecular weight excluding hydrogens is 222 g/mol. The van der Waals surface area contributed by atoms with Crippen LogP contribution in [0.15, 0.2) is 27.6 Å². The van der Waals surface area contributed by atoms with E-state index in [2.05, 4.69) is 10.1 Å². The number of rotatable bonds is 3. The van der Waals surface area contributed by atoms with Crippen molar-refractivity contribution in [3.8, 4) is 0 Å². The van der Waals surface area contributed by atoms with E-state index in [1.807, 2.05) is 25.1 Å². The monoisotopic (exact) mass is 235 g/mol. The summed E-state index contributed by atoms with van der Waals surface area (Å²) in [4.78, 5) is 5.20. The van der Waals surface area contributed by atoms with E-state index >= 15 is 0 Å². The molecule has 0 aliphatic heterocycles. The van der Waals surface area contributed by atoms with Gasteiger partial charge in [-0.25, -0.2) is 0 Å². The van der Waals surface area contributed by atoms with Gasteiger partial charge in [0.25, 0.3) is 0 Å². The summed E-state index contributed by atoms with van der Waals surface area (Å²) in [5.41, 5.74) is 7.89. The van der Waals surface area contributed by atoms with Gasteiger partial charge in [0.1, 0.15) is 0 Å². The fourth-order valence-corrected chi connectivity index (χ4v) is 2.21. The van der Waals surface area contributed by atoms with Crippen LogP contribution in [0.5, 0.6) is 0 Å². The minimum Gasteiger partial charge on any atom is -0.398 e. The molecular formula is C11H13N3OS. The van der Waals surface area contributed by atoms with Gasteiger partial charge in [0, 0.05) is 17.5 Å². The molecule has 5 heteroatoms. The Hall–Kier alpha value is -1.49. The van der Waals surface area contributed by atoms with Crippen LogP contribution in [0, 0.1) is 13.8 Å². The Morgan fingerprint density at radius 1 is 1.38 bits per heavy atom. The third kappa shape index (κ3) is 2.36. The Balaban J connectivity index is 2.07. The Morgan fingerprint density at radius 3 is 2.88 bits per heavy atom. The van der Waals surface area contributed by atoms with E-state index in [0.29, 0.717) is 17.5 Å². The zero-order valence-electron chi connectivity index (χ0n) is 9.23. The molecule has 1 heterocycles. The first kappa shape index (κ1) is 11.0. The smallest absolute Gasteiger partial charge is 0.223 e. The SMILES string of the molecule is Cc1nc(CSc2cccc(C)c2N)no1. The zero-order chi connectivity index (χ0) is 11.5. The second-order valence-electron chi connectivity index (χ2n) is 3.51. The maximum absolute atomic E-state index is 5.97. The van der Waals surface area contributed by atoms with E-state index in [1.165, 1.54) is 0 Å². The molecule has 1 aromatic carbocycles. The summed E-state index contributed by atoms with van der Waals surface area (Å²) < 4.78 is 4.90. The van der Waals surface area contributed by atoms with Crippen LogP contribution in [0.1, 0.15) is 17.3 Å². The van der Waals surface area contributed by atoms with Gasteiger partial charge in [-0.2, -0.15) is 4.98 Å². The highest BCUT2D eigenvalue weighted by atomic mass is 32.2. The highest BCUT2D eigenvalue weighted by Gasteiger charge is 2.06. The predicted octanol–water partition coefficient (Wildman–Crippen LogP) is 2.56. The Bertz CT molecular complexity index is 496. The molecule has 16 heavy (non-hydrogen) atoms. The van der Waals surface area contributed by atoms with Crippen molar-refractivity contribution >= 4 is 17.4 Å². The molecule has 0 aliphatic carbocycles. The number of nitrogens with zero attached hydrogens (tertiary/aromatic N) is 2. The van der Waals surface area contributed by atoms with Gasteiger partial charge in [-0.05, 0) is 18.6 Å². The second-order valence-corrected chi connectivity index (χ2v) is 4.52. The standard InChI is InChI=1S/C11H13N3OS/c1-7-4-3-5-9(11(7)12)16-6-10-13-8(2)15-14-10/h3-5H,6,12H2,1-2H3. The first-order valence-corrected chi connectivity index (χ1v) is 5.92. The van der Waals surface area contributed by atoms with Crippen LogP contribution < -0.4 is 5.73 Å². The first-order valence-electron chi connectivity index (χ1n) is 4.94. The number of aromatic nitrogens is 2. The lowest BCUT2D eigenvalue weighted by Crippen LogP contribution is -1.93. The van der Waals surface area contributed by atoms with Crippen molar-refractivity contribution in [1.29, 1.82) is 0 Å². The van der Waals surface area contributed by atoms with E-state index < -0.39 is 0 Å². The van der Waals surface area contributed by atoms with E-state index in [9.17, 15) is 0 Å². The molecule has 0 saturated heterocycles. The van der Waals surface area contributed by atoms with Gasteiger partial charge in [-0.1, -0.05) is 17.3 Å². The molecule has 0 amide bonds. The Kier molecular flexibility index (Phi) is 3.14. The van der Waals surface area contributed by atoms with Crippen LogP contribution in [0.4, 0.5) is 5.69 Å². The van der Waals surface area contributed by atoms with Crippen molar-refractivity contribution in [1.82, 2.24) is 10.1 Å². The number of anilines is 1. The maximum Gasteiger partial charge on any atom is 0.223 e. The topological polar surface area (TPSA) is 64.9 Å². The number of benzene rings is 1. The number of nitrogens with two attached hydrogens (primary N) is 1. The van der Waals surface area contributed by atoms with Gasteiger partial charge < -0.3 is 10.3 Å². The highest BCUT2D eigenvalue weighted by molar-refractivity contribution is 7.98. The average molecular weight is 235 g/mol. The molecule has 2 rings (SSSR count). The minimum atomic E-state index is 0.591. The van der Waals surface area contributed by atoms with Gasteiger partial charge >= 0.3 is 0 Å². The van der Waals surface area contributed by atoms with Crippen molar-refractivity contribution in [3.63, 3.8) is 0 Å². The summed E-state index contributed by atoms with van der Waals surface area (Å²) in [5, 5.41) is 3.84. The maximum atomic E-state index is 5.97. The highest BCUT2D eigenvalue weighted by Crippen LogP contribution is 2.29. The molecule has 0 spiro atoms. The molecule has 84 valence electrons. The van der Waals surface area contributed by atoms with Crippen molar-refractivity contribution in [2.45, 2.75) is 24.5 Å². The molecule has 4 nitrogen and oxygen atoms in total. The number of hydrogen-bond donors (Lipinski definition) is 1. The number of para-hydroxylation sites is 1. The first-order chi connectivity index (χ1) is 7.66. The molecule has 0 atom stereocenters. The lowest BCUT2D eigenvalue weighted by Gasteiger charge is -2.05. The van der Waals surface area contributed by atoms with Crippen molar-refractivity contribution in [3.05, 3.63) is 35.5 Å². The molecule has 2 N–H and O–H groups in total. The normalized spacial score (nSPS) is 10.6. The van der Waals surface area contributed by atoms with Gasteiger partial charge in [0.15, 0.2) is 5.82 Å². The third-order valence-corrected chi connectivity index (χ3v) is 3.28. The van der Waals surface area contributed by atoms with E-state index in [0.717, 1.165) is 16.1 Å². The third-order valence-electron chi connectivity index (χ3n) is 2.21. The summed E-state index contributed by atoms with van der Waals surface area (Å²) in [6.07, 6.45) is 0. The fraction of sp³-hybridized carbons (Fsp3) is 0.273. The summed E-state index contributed by atoms with van der Waals surface area (Å²) in [6.45, 7) is 3.78. The summed E-state index contributed by atoms with van der Waals surface area (Å²) in [6, 6.07) is 5.99.